The lowest BCUT2D eigenvalue weighted by atomic mass is 10.1. The molecule has 4 rings (SSSR count). The molecule has 148 valence electrons. The third-order valence-corrected chi connectivity index (χ3v) is 4.52. The standard InChI is InChI=1S/C19H15ClF2N6O/c1-19(21,22)18-17(24-27-25-18)12-6-7-23-15(9-12)28-16(29)10-14(26-28)8-11-2-4-13(20)5-3-11/h2-7,9-10,29H,8H2,1H3,(H,24,25,27). The topological polar surface area (TPSA) is 92.5 Å². The first-order chi connectivity index (χ1) is 13.8. The van der Waals surface area contributed by atoms with Crippen LogP contribution in [-0.2, 0) is 12.3 Å². The number of aromatic amines is 1. The zero-order chi connectivity index (χ0) is 20.6. The minimum atomic E-state index is -3.14. The number of halogens is 3. The fourth-order valence-corrected chi connectivity index (χ4v) is 3.03. The van der Waals surface area contributed by atoms with Gasteiger partial charge in [0.05, 0.1) is 5.69 Å². The Morgan fingerprint density at radius 2 is 1.93 bits per heavy atom. The molecule has 1 aromatic carbocycles. The van der Waals surface area contributed by atoms with Gasteiger partial charge in [-0.05, 0) is 29.8 Å². The third kappa shape index (κ3) is 3.95. The van der Waals surface area contributed by atoms with E-state index in [4.69, 9.17) is 11.6 Å². The van der Waals surface area contributed by atoms with Crippen molar-refractivity contribution in [2.24, 2.45) is 0 Å². The number of aromatic nitrogens is 6. The molecule has 10 heteroatoms. The molecule has 7 nitrogen and oxygen atoms in total. The summed E-state index contributed by atoms with van der Waals surface area (Å²) in [6, 6.07) is 11.8. The van der Waals surface area contributed by atoms with E-state index in [0.717, 1.165) is 12.5 Å². The Morgan fingerprint density at radius 3 is 2.66 bits per heavy atom. The maximum absolute atomic E-state index is 13.8. The second kappa shape index (κ2) is 7.25. The molecule has 4 aromatic rings. The van der Waals surface area contributed by atoms with Gasteiger partial charge in [0.25, 0.3) is 5.92 Å². The lowest BCUT2D eigenvalue weighted by Crippen LogP contribution is -2.09. The summed E-state index contributed by atoms with van der Waals surface area (Å²) in [6.45, 7) is 0.760. The van der Waals surface area contributed by atoms with Crippen molar-refractivity contribution in [1.29, 1.82) is 0 Å². The van der Waals surface area contributed by atoms with E-state index in [1.807, 2.05) is 12.1 Å². The maximum Gasteiger partial charge on any atom is 0.288 e. The van der Waals surface area contributed by atoms with Crippen LogP contribution in [-0.4, -0.2) is 35.3 Å². The fraction of sp³-hybridized carbons (Fsp3) is 0.158. The highest BCUT2D eigenvalue weighted by molar-refractivity contribution is 6.30. The molecule has 0 amide bonds. The molecule has 0 saturated heterocycles. The van der Waals surface area contributed by atoms with Crippen molar-refractivity contribution in [2.75, 3.05) is 0 Å². The molecule has 0 atom stereocenters. The Kier molecular flexibility index (Phi) is 4.75. The summed E-state index contributed by atoms with van der Waals surface area (Å²) in [5.41, 5.74) is 1.56. The predicted molar refractivity (Wildman–Crippen MR) is 102 cm³/mol. The lowest BCUT2D eigenvalue weighted by molar-refractivity contribution is 0.0133. The smallest absolute Gasteiger partial charge is 0.288 e. The van der Waals surface area contributed by atoms with Crippen LogP contribution in [0.1, 0.15) is 23.9 Å². The molecule has 0 spiro atoms. The lowest BCUT2D eigenvalue weighted by Gasteiger charge is -2.10. The summed E-state index contributed by atoms with van der Waals surface area (Å²) in [6.07, 6.45) is 1.91. The highest BCUT2D eigenvalue weighted by Crippen LogP contribution is 2.33. The van der Waals surface area contributed by atoms with Crippen LogP contribution in [0.25, 0.3) is 17.1 Å². The van der Waals surface area contributed by atoms with Crippen molar-refractivity contribution in [3.63, 3.8) is 0 Å². The van der Waals surface area contributed by atoms with E-state index in [0.29, 0.717) is 22.7 Å². The number of nitrogens with one attached hydrogen (secondary N) is 1. The van der Waals surface area contributed by atoms with Gasteiger partial charge in [0.15, 0.2) is 5.82 Å². The molecule has 0 aliphatic carbocycles. The van der Waals surface area contributed by atoms with E-state index in [1.165, 1.54) is 29.1 Å². The van der Waals surface area contributed by atoms with Crippen LogP contribution in [0.4, 0.5) is 8.78 Å². The molecule has 0 aliphatic heterocycles. The van der Waals surface area contributed by atoms with E-state index in [9.17, 15) is 13.9 Å². The van der Waals surface area contributed by atoms with Gasteiger partial charge >= 0.3 is 0 Å². The van der Waals surface area contributed by atoms with Crippen LogP contribution in [0.3, 0.4) is 0 Å². The SMILES string of the molecule is CC(F)(F)c1[nH]nnc1-c1ccnc(-n2nc(Cc3ccc(Cl)cc3)cc2O)c1. The van der Waals surface area contributed by atoms with E-state index >= 15 is 0 Å². The van der Waals surface area contributed by atoms with Crippen LogP contribution >= 0.6 is 11.6 Å². The Balaban J connectivity index is 1.66. The molecular formula is C19H15ClF2N6O. The molecule has 0 bridgehead atoms. The number of hydrogen-bond acceptors (Lipinski definition) is 5. The first kappa shape index (κ1) is 19.0. The molecule has 0 fully saturated rings. The summed E-state index contributed by atoms with van der Waals surface area (Å²) in [5.74, 6) is -3.00. The van der Waals surface area contributed by atoms with Crippen molar-refractivity contribution in [2.45, 2.75) is 19.3 Å². The van der Waals surface area contributed by atoms with Gasteiger partial charge in [0.1, 0.15) is 11.4 Å². The van der Waals surface area contributed by atoms with Crippen molar-refractivity contribution in [3.8, 4) is 23.0 Å². The van der Waals surface area contributed by atoms with E-state index < -0.39 is 11.6 Å². The first-order valence-corrected chi connectivity index (χ1v) is 8.97. The molecule has 2 N–H and O–H groups in total. The molecule has 3 aromatic heterocycles. The summed E-state index contributed by atoms with van der Waals surface area (Å²) in [5, 5.41) is 24.8. The maximum atomic E-state index is 13.8. The Bertz CT molecular complexity index is 1150. The third-order valence-electron chi connectivity index (χ3n) is 4.26. The number of pyridine rings is 1. The molecule has 3 heterocycles. The Morgan fingerprint density at radius 1 is 1.17 bits per heavy atom. The molecule has 0 aliphatic rings. The highest BCUT2D eigenvalue weighted by atomic mass is 35.5. The van der Waals surface area contributed by atoms with E-state index in [-0.39, 0.29) is 17.4 Å². The van der Waals surface area contributed by atoms with Gasteiger partial charge in [-0.3, -0.25) is 5.10 Å². The van der Waals surface area contributed by atoms with Crippen molar-refractivity contribution < 1.29 is 13.9 Å². The molecule has 29 heavy (non-hydrogen) atoms. The van der Waals surface area contributed by atoms with Gasteiger partial charge in [-0.15, -0.1) is 5.10 Å². The summed E-state index contributed by atoms with van der Waals surface area (Å²) in [4.78, 5) is 4.18. The minimum absolute atomic E-state index is 0.00850. The monoisotopic (exact) mass is 416 g/mol. The number of H-pyrrole nitrogens is 1. The van der Waals surface area contributed by atoms with Crippen molar-refractivity contribution in [1.82, 2.24) is 30.2 Å². The van der Waals surface area contributed by atoms with Crippen LogP contribution < -0.4 is 0 Å². The summed E-state index contributed by atoms with van der Waals surface area (Å²) >= 11 is 5.89. The average Bonchev–Trinajstić information content (AvgIpc) is 3.30. The van der Waals surface area contributed by atoms with Crippen LogP contribution in [0, 0.1) is 0 Å². The average molecular weight is 417 g/mol. The summed E-state index contributed by atoms with van der Waals surface area (Å²) in [7, 11) is 0. The van der Waals surface area contributed by atoms with Gasteiger partial charge in [0.2, 0.25) is 5.88 Å². The first-order valence-electron chi connectivity index (χ1n) is 8.60. The summed E-state index contributed by atoms with van der Waals surface area (Å²) < 4.78 is 28.8. The largest absolute Gasteiger partial charge is 0.493 e. The minimum Gasteiger partial charge on any atom is -0.493 e. The quantitative estimate of drug-likeness (QED) is 0.510. The van der Waals surface area contributed by atoms with Gasteiger partial charge in [0, 0.05) is 36.2 Å². The number of rotatable bonds is 5. The van der Waals surface area contributed by atoms with Crippen molar-refractivity contribution >= 4 is 11.6 Å². The van der Waals surface area contributed by atoms with Crippen molar-refractivity contribution in [3.05, 3.63) is 70.6 Å². The second-order valence-electron chi connectivity index (χ2n) is 6.54. The van der Waals surface area contributed by atoms with E-state index in [2.05, 4.69) is 25.5 Å². The predicted octanol–water partition coefficient (Wildman–Crippen LogP) is 4.11. The molecule has 0 radical (unpaired) electrons. The second-order valence-corrected chi connectivity index (χ2v) is 6.97. The van der Waals surface area contributed by atoms with Gasteiger partial charge in [-0.1, -0.05) is 28.9 Å². The van der Waals surface area contributed by atoms with Gasteiger partial charge < -0.3 is 5.11 Å². The number of aromatic hydroxyl groups is 1. The normalized spacial score (nSPS) is 11.7. The highest BCUT2D eigenvalue weighted by Gasteiger charge is 2.31. The van der Waals surface area contributed by atoms with Crippen LogP contribution in [0.2, 0.25) is 5.02 Å². The van der Waals surface area contributed by atoms with E-state index in [1.54, 1.807) is 12.1 Å². The fourth-order valence-electron chi connectivity index (χ4n) is 2.90. The van der Waals surface area contributed by atoms with Gasteiger partial charge in [-0.25, -0.2) is 4.98 Å². The number of nitrogens with zero attached hydrogens (tertiary/aromatic N) is 5. The zero-order valence-electron chi connectivity index (χ0n) is 15.1. The molecule has 0 saturated carbocycles. The molecular weight excluding hydrogens is 402 g/mol. The van der Waals surface area contributed by atoms with Crippen LogP contribution in [0.15, 0.2) is 48.7 Å². The Labute approximate surface area is 169 Å². The number of hydrogen-bond donors (Lipinski definition) is 2. The molecule has 0 unspecified atom stereocenters. The van der Waals surface area contributed by atoms with Gasteiger partial charge in [-0.2, -0.15) is 18.6 Å². The number of benzene rings is 1. The Hall–Kier alpha value is -3.33. The van der Waals surface area contributed by atoms with Crippen LogP contribution in [0.5, 0.6) is 5.88 Å². The zero-order valence-corrected chi connectivity index (χ0v) is 15.9. The number of alkyl halides is 2.